The Morgan fingerprint density at radius 2 is 1.84 bits per heavy atom. The van der Waals surface area contributed by atoms with E-state index < -0.39 is 0 Å². The van der Waals surface area contributed by atoms with Crippen LogP contribution in [0.25, 0.3) is 0 Å². The predicted molar refractivity (Wildman–Crippen MR) is 80.1 cm³/mol. The molecule has 2 atom stereocenters. The van der Waals surface area contributed by atoms with E-state index in [1.165, 1.54) is 0 Å². The van der Waals surface area contributed by atoms with Gasteiger partial charge in [-0.3, -0.25) is 4.79 Å². The van der Waals surface area contributed by atoms with Gasteiger partial charge in [0.1, 0.15) is 0 Å². The van der Waals surface area contributed by atoms with Crippen LogP contribution in [0.15, 0.2) is 24.3 Å². The van der Waals surface area contributed by atoms with Crippen LogP contribution in [0, 0.1) is 5.41 Å². The molecule has 0 aliphatic rings. The SMILES string of the molecule is C[C@@H](NC(=O)CC(N)C(C)(C)C)c1ccc(Cl)cc1. The number of nitrogens with one attached hydrogen (secondary N) is 1. The van der Waals surface area contributed by atoms with E-state index in [1.54, 1.807) is 0 Å². The quantitative estimate of drug-likeness (QED) is 0.890. The predicted octanol–water partition coefficient (Wildman–Crippen LogP) is 3.28. The molecule has 0 aliphatic carbocycles. The first kappa shape index (κ1) is 16.0. The Morgan fingerprint density at radius 1 is 1.32 bits per heavy atom. The molecule has 0 heterocycles. The van der Waals surface area contributed by atoms with E-state index >= 15 is 0 Å². The summed E-state index contributed by atoms with van der Waals surface area (Å²) in [5, 5.41) is 3.65. The molecule has 0 aromatic heterocycles. The Bertz CT molecular complexity index is 423. The maximum absolute atomic E-state index is 11.9. The van der Waals surface area contributed by atoms with E-state index in [9.17, 15) is 4.79 Å². The first-order valence-electron chi connectivity index (χ1n) is 6.50. The Kier molecular flexibility index (Phi) is 5.39. The number of carbonyl (C=O) groups is 1. The average Bonchev–Trinajstić information content (AvgIpc) is 2.28. The number of rotatable bonds is 4. The zero-order valence-electron chi connectivity index (χ0n) is 12.0. The van der Waals surface area contributed by atoms with E-state index in [4.69, 9.17) is 17.3 Å². The van der Waals surface area contributed by atoms with Crippen LogP contribution in [0.1, 0.15) is 45.7 Å². The first-order valence-corrected chi connectivity index (χ1v) is 6.88. The number of amides is 1. The summed E-state index contributed by atoms with van der Waals surface area (Å²) < 4.78 is 0. The third-order valence-corrected chi connectivity index (χ3v) is 3.52. The molecular formula is C15H23ClN2O. The molecule has 1 aromatic rings. The Balaban J connectivity index is 2.55. The summed E-state index contributed by atoms with van der Waals surface area (Å²) in [4.78, 5) is 11.9. The zero-order valence-corrected chi connectivity index (χ0v) is 12.8. The molecule has 1 amide bonds. The highest BCUT2D eigenvalue weighted by atomic mass is 35.5. The van der Waals surface area contributed by atoms with Crippen molar-refractivity contribution in [2.24, 2.45) is 11.1 Å². The van der Waals surface area contributed by atoms with Gasteiger partial charge in [0.15, 0.2) is 0 Å². The molecule has 0 bridgehead atoms. The fourth-order valence-corrected chi connectivity index (χ4v) is 1.77. The van der Waals surface area contributed by atoms with E-state index in [0.717, 1.165) is 5.56 Å². The highest BCUT2D eigenvalue weighted by Crippen LogP contribution is 2.20. The van der Waals surface area contributed by atoms with Gasteiger partial charge in [-0.15, -0.1) is 0 Å². The van der Waals surface area contributed by atoms with Crippen molar-refractivity contribution < 1.29 is 4.79 Å². The molecule has 0 saturated heterocycles. The third kappa shape index (κ3) is 5.21. The van der Waals surface area contributed by atoms with Crippen LogP contribution < -0.4 is 11.1 Å². The lowest BCUT2D eigenvalue weighted by molar-refractivity contribution is -0.122. The van der Waals surface area contributed by atoms with Crippen molar-refractivity contribution in [2.45, 2.75) is 46.2 Å². The Labute approximate surface area is 120 Å². The maximum Gasteiger partial charge on any atom is 0.222 e. The topological polar surface area (TPSA) is 55.1 Å². The average molecular weight is 283 g/mol. The van der Waals surface area contributed by atoms with Crippen LogP contribution in [0.3, 0.4) is 0 Å². The van der Waals surface area contributed by atoms with Crippen molar-refractivity contribution in [1.29, 1.82) is 0 Å². The summed E-state index contributed by atoms with van der Waals surface area (Å²) in [6, 6.07) is 7.27. The second-order valence-electron chi connectivity index (χ2n) is 6.02. The number of halogens is 1. The number of benzene rings is 1. The Hall–Kier alpha value is -1.06. The summed E-state index contributed by atoms with van der Waals surface area (Å²) in [5.74, 6) is -0.0233. The summed E-state index contributed by atoms with van der Waals surface area (Å²) in [6.07, 6.45) is 0.335. The largest absolute Gasteiger partial charge is 0.350 e. The van der Waals surface area contributed by atoms with Gasteiger partial charge in [-0.25, -0.2) is 0 Å². The maximum atomic E-state index is 11.9. The molecule has 3 N–H and O–H groups in total. The van der Waals surface area contributed by atoms with Crippen LogP contribution >= 0.6 is 11.6 Å². The minimum atomic E-state index is -0.148. The molecule has 0 fully saturated rings. The molecule has 19 heavy (non-hydrogen) atoms. The summed E-state index contributed by atoms with van der Waals surface area (Å²) in [6.45, 7) is 8.05. The lowest BCUT2D eigenvalue weighted by Gasteiger charge is -2.27. The van der Waals surface area contributed by atoms with E-state index in [-0.39, 0.29) is 23.4 Å². The van der Waals surface area contributed by atoms with Gasteiger partial charge in [-0.1, -0.05) is 44.5 Å². The molecule has 106 valence electrons. The van der Waals surface area contributed by atoms with E-state index in [2.05, 4.69) is 5.32 Å². The van der Waals surface area contributed by atoms with Crippen molar-refractivity contribution in [2.75, 3.05) is 0 Å². The molecule has 1 aromatic carbocycles. The van der Waals surface area contributed by atoms with Crippen LogP contribution in [-0.4, -0.2) is 11.9 Å². The fraction of sp³-hybridized carbons (Fsp3) is 0.533. The number of hydrogen-bond donors (Lipinski definition) is 2. The summed E-state index contributed by atoms with van der Waals surface area (Å²) in [5.41, 5.74) is 6.97. The van der Waals surface area contributed by atoms with Gasteiger partial charge in [0, 0.05) is 17.5 Å². The van der Waals surface area contributed by atoms with E-state index in [1.807, 2.05) is 52.0 Å². The number of carbonyl (C=O) groups excluding carboxylic acids is 1. The van der Waals surface area contributed by atoms with Crippen molar-refractivity contribution in [1.82, 2.24) is 5.32 Å². The molecule has 0 aliphatic heterocycles. The first-order chi connectivity index (χ1) is 8.70. The van der Waals surface area contributed by atoms with Gasteiger partial charge in [-0.05, 0) is 30.0 Å². The molecule has 0 radical (unpaired) electrons. The highest BCUT2D eigenvalue weighted by molar-refractivity contribution is 6.30. The standard InChI is InChI=1S/C15H23ClN2O/c1-10(11-5-7-12(16)8-6-11)18-14(19)9-13(17)15(2,3)4/h5-8,10,13H,9,17H2,1-4H3,(H,18,19)/t10-,13?/m1/s1. The zero-order chi connectivity index (χ0) is 14.6. The smallest absolute Gasteiger partial charge is 0.222 e. The summed E-state index contributed by atoms with van der Waals surface area (Å²) in [7, 11) is 0. The molecule has 3 nitrogen and oxygen atoms in total. The van der Waals surface area contributed by atoms with Gasteiger partial charge in [0.05, 0.1) is 6.04 Å². The van der Waals surface area contributed by atoms with Gasteiger partial charge in [0.2, 0.25) is 5.91 Å². The highest BCUT2D eigenvalue weighted by Gasteiger charge is 2.23. The van der Waals surface area contributed by atoms with Crippen LogP contribution in [0.4, 0.5) is 0 Å². The lowest BCUT2D eigenvalue weighted by Crippen LogP contribution is -2.40. The summed E-state index contributed by atoms with van der Waals surface area (Å²) >= 11 is 5.84. The minimum absolute atomic E-state index is 0.0233. The lowest BCUT2D eigenvalue weighted by atomic mass is 9.85. The minimum Gasteiger partial charge on any atom is -0.350 e. The second-order valence-corrected chi connectivity index (χ2v) is 6.45. The second kappa shape index (κ2) is 6.40. The number of nitrogens with two attached hydrogens (primary N) is 1. The van der Waals surface area contributed by atoms with Gasteiger partial charge in [0.25, 0.3) is 0 Å². The van der Waals surface area contributed by atoms with Crippen LogP contribution in [-0.2, 0) is 4.79 Å². The molecule has 0 spiro atoms. The number of hydrogen-bond acceptors (Lipinski definition) is 2. The molecule has 0 saturated carbocycles. The normalized spacial score (nSPS) is 14.8. The van der Waals surface area contributed by atoms with Gasteiger partial charge < -0.3 is 11.1 Å². The molecule has 4 heteroatoms. The molecular weight excluding hydrogens is 260 g/mol. The third-order valence-electron chi connectivity index (χ3n) is 3.27. The van der Waals surface area contributed by atoms with Gasteiger partial charge >= 0.3 is 0 Å². The van der Waals surface area contributed by atoms with Crippen LogP contribution in [0.5, 0.6) is 0 Å². The van der Waals surface area contributed by atoms with Crippen LogP contribution in [0.2, 0.25) is 5.02 Å². The van der Waals surface area contributed by atoms with Crippen molar-refractivity contribution in [3.8, 4) is 0 Å². The van der Waals surface area contributed by atoms with Gasteiger partial charge in [-0.2, -0.15) is 0 Å². The van der Waals surface area contributed by atoms with Crippen molar-refractivity contribution in [3.63, 3.8) is 0 Å². The molecule has 1 rings (SSSR count). The fourth-order valence-electron chi connectivity index (χ4n) is 1.64. The Morgan fingerprint density at radius 3 is 2.32 bits per heavy atom. The molecule has 1 unspecified atom stereocenters. The van der Waals surface area contributed by atoms with E-state index in [0.29, 0.717) is 11.4 Å². The van der Waals surface area contributed by atoms with Crippen molar-refractivity contribution in [3.05, 3.63) is 34.9 Å². The van der Waals surface area contributed by atoms with Crippen molar-refractivity contribution >= 4 is 17.5 Å². The monoisotopic (exact) mass is 282 g/mol.